The number of hydrogen-bond donors (Lipinski definition) is 2. The van der Waals surface area contributed by atoms with E-state index in [9.17, 15) is 0 Å². The molecule has 0 saturated heterocycles. The molecule has 0 amide bonds. The quantitative estimate of drug-likeness (QED) is 0.895. The van der Waals surface area contributed by atoms with E-state index in [0.29, 0.717) is 21.7 Å². The third-order valence-corrected chi connectivity index (χ3v) is 3.30. The highest BCUT2D eigenvalue weighted by Gasteiger charge is 2.11. The Morgan fingerprint density at radius 3 is 2.37 bits per heavy atom. The summed E-state index contributed by atoms with van der Waals surface area (Å²) in [5.74, 6) is 1.19. The van der Waals surface area contributed by atoms with Crippen molar-refractivity contribution in [3.63, 3.8) is 0 Å². The number of halogens is 2. The summed E-state index contributed by atoms with van der Waals surface area (Å²) in [5.41, 5.74) is 1.11. The van der Waals surface area contributed by atoms with Gasteiger partial charge in [0.15, 0.2) is 0 Å². The maximum atomic E-state index is 6.14. The smallest absolute Gasteiger partial charge is 0.147 e. The second kappa shape index (κ2) is 6.08. The molecule has 1 unspecified atom stereocenters. The van der Waals surface area contributed by atoms with Crippen LogP contribution in [0.15, 0.2) is 30.6 Å². The number of hydrogen-bond acceptors (Lipinski definition) is 4. The molecule has 0 fully saturated rings. The maximum Gasteiger partial charge on any atom is 0.147 e. The largest absolute Gasteiger partial charge is 0.372 e. The summed E-state index contributed by atoms with van der Waals surface area (Å²) < 4.78 is 0. The van der Waals surface area contributed by atoms with E-state index in [-0.39, 0.29) is 6.04 Å². The van der Waals surface area contributed by atoms with Crippen molar-refractivity contribution >= 4 is 34.8 Å². The number of aromatic nitrogens is 2. The first-order valence-electron chi connectivity index (χ1n) is 5.82. The van der Waals surface area contributed by atoms with E-state index < -0.39 is 0 Å². The minimum Gasteiger partial charge on any atom is -0.372 e. The molecule has 2 heterocycles. The third kappa shape index (κ3) is 3.28. The summed E-state index contributed by atoms with van der Waals surface area (Å²) >= 11 is 12.2. The molecule has 0 saturated carbocycles. The highest BCUT2D eigenvalue weighted by molar-refractivity contribution is 6.37. The van der Waals surface area contributed by atoms with Crippen LogP contribution in [0, 0.1) is 0 Å². The van der Waals surface area contributed by atoms with Crippen LogP contribution in [0.3, 0.4) is 0 Å². The van der Waals surface area contributed by atoms with E-state index in [4.69, 9.17) is 23.2 Å². The average molecular weight is 297 g/mol. The first-order chi connectivity index (χ1) is 9.11. The van der Waals surface area contributed by atoms with Crippen LogP contribution in [0.2, 0.25) is 10.0 Å². The van der Waals surface area contributed by atoms with Gasteiger partial charge in [0.1, 0.15) is 11.6 Å². The molecule has 0 aliphatic carbocycles. The Labute approximate surface area is 122 Å². The number of nitrogens with zero attached hydrogens (tertiary/aromatic N) is 2. The fourth-order valence-corrected chi connectivity index (χ4v) is 2.19. The summed E-state index contributed by atoms with van der Waals surface area (Å²) in [4.78, 5) is 8.35. The van der Waals surface area contributed by atoms with Crippen molar-refractivity contribution in [1.29, 1.82) is 0 Å². The van der Waals surface area contributed by atoms with E-state index in [1.54, 1.807) is 25.5 Å². The van der Waals surface area contributed by atoms with E-state index in [1.807, 2.05) is 19.1 Å². The second-order valence-electron chi connectivity index (χ2n) is 4.05. The second-order valence-corrected chi connectivity index (χ2v) is 4.86. The van der Waals surface area contributed by atoms with E-state index in [0.717, 1.165) is 5.56 Å². The van der Waals surface area contributed by atoms with Crippen molar-refractivity contribution < 1.29 is 0 Å². The Balaban J connectivity index is 2.24. The molecule has 0 aliphatic rings. The molecule has 0 radical (unpaired) electrons. The normalized spacial score (nSPS) is 12.0. The van der Waals surface area contributed by atoms with E-state index >= 15 is 0 Å². The number of nitrogens with one attached hydrogen (secondary N) is 2. The van der Waals surface area contributed by atoms with Crippen LogP contribution in [-0.2, 0) is 0 Å². The molecule has 0 bridgehead atoms. The fourth-order valence-electron chi connectivity index (χ4n) is 1.68. The molecule has 0 aliphatic heterocycles. The highest BCUT2D eigenvalue weighted by atomic mass is 35.5. The van der Waals surface area contributed by atoms with Gasteiger partial charge in [-0.25, -0.2) is 4.98 Å². The molecule has 6 heteroatoms. The Bertz CT molecular complexity index is 560. The molecule has 2 N–H and O–H groups in total. The van der Waals surface area contributed by atoms with E-state index in [1.165, 1.54) is 0 Å². The highest BCUT2D eigenvalue weighted by Crippen LogP contribution is 2.30. The monoisotopic (exact) mass is 296 g/mol. The van der Waals surface area contributed by atoms with E-state index in [2.05, 4.69) is 20.6 Å². The Hall–Kier alpha value is -1.52. The van der Waals surface area contributed by atoms with Gasteiger partial charge in [-0.2, -0.15) is 0 Å². The molecule has 100 valence electrons. The summed E-state index contributed by atoms with van der Waals surface area (Å²) in [5, 5.41) is 7.17. The van der Waals surface area contributed by atoms with Crippen LogP contribution in [-0.4, -0.2) is 17.0 Å². The maximum absolute atomic E-state index is 6.14. The van der Waals surface area contributed by atoms with Gasteiger partial charge in [-0.15, -0.1) is 0 Å². The van der Waals surface area contributed by atoms with Gasteiger partial charge in [-0.05, 0) is 30.7 Å². The Morgan fingerprint density at radius 2 is 1.74 bits per heavy atom. The van der Waals surface area contributed by atoms with Gasteiger partial charge < -0.3 is 10.6 Å². The van der Waals surface area contributed by atoms with Crippen molar-refractivity contribution in [1.82, 2.24) is 9.97 Å². The number of pyridine rings is 2. The zero-order valence-corrected chi connectivity index (χ0v) is 12.1. The minimum absolute atomic E-state index is 0.0684. The SMILES string of the molecule is CNc1nc(NC(C)c2ccncc2)c(Cl)cc1Cl. The zero-order valence-electron chi connectivity index (χ0n) is 10.6. The van der Waals surface area contributed by atoms with Gasteiger partial charge in [0.25, 0.3) is 0 Å². The van der Waals surface area contributed by atoms with Crippen LogP contribution in [0.25, 0.3) is 0 Å². The van der Waals surface area contributed by atoms with Crippen molar-refractivity contribution in [3.8, 4) is 0 Å². The van der Waals surface area contributed by atoms with Gasteiger partial charge in [0.2, 0.25) is 0 Å². The van der Waals surface area contributed by atoms with Crippen LogP contribution in [0.4, 0.5) is 11.6 Å². The summed E-state index contributed by atoms with van der Waals surface area (Å²) in [7, 11) is 1.76. The van der Waals surface area contributed by atoms with Crippen molar-refractivity contribution in [3.05, 3.63) is 46.2 Å². The van der Waals surface area contributed by atoms with Gasteiger partial charge in [0, 0.05) is 19.4 Å². The lowest BCUT2D eigenvalue weighted by molar-refractivity contribution is 0.871. The van der Waals surface area contributed by atoms with Gasteiger partial charge >= 0.3 is 0 Å². The Morgan fingerprint density at radius 1 is 1.11 bits per heavy atom. The van der Waals surface area contributed by atoms with Crippen molar-refractivity contribution in [2.24, 2.45) is 0 Å². The predicted octanol–water partition coefficient (Wildman–Crippen LogP) is 4.00. The molecule has 1 atom stereocenters. The minimum atomic E-state index is 0.0684. The summed E-state index contributed by atoms with van der Waals surface area (Å²) in [6.07, 6.45) is 3.51. The summed E-state index contributed by atoms with van der Waals surface area (Å²) in [6.45, 7) is 2.03. The molecular weight excluding hydrogens is 283 g/mol. The molecule has 2 aromatic rings. The lowest BCUT2D eigenvalue weighted by Gasteiger charge is -2.17. The lowest BCUT2D eigenvalue weighted by Crippen LogP contribution is -2.09. The van der Waals surface area contributed by atoms with Crippen molar-refractivity contribution in [2.45, 2.75) is 13.0 Å². The molecule has 0 spiro atoms. The first kappa shape index (κ1) is 13.9. The molecule has 2 aromatic heterocycles. The standard InChI is InChI=1S/C13H14Cl2N4/c1-8(9-3-5-17-6-4-9)18-13-11(15)7-10(14)12(16-2)19-13/h3-8H,1-2H3,(H2,16,18,19). The predicted molar refractivity (Wildman–Crippen MR) is 80.1 cm³/mol. The van der Waals surface area contributed by atoms with Crippen LogP contribution < -0.4 is 10.6 Å². The molecule has 2 rings (SSSR count). The fraction of sp³-hybridized carbons (Fsp3) is 0.231. The van der Waals surface area contributed by atoms with Gasteiger partial charge in [0.05, 0.1) is 16.1 Å². The molecular formula is C13H14Cl2N4. The topological polar surface area (TPSA) is 49.8 Å². The molecule has 0 aromatic carbocycles. The Kier molecular flexibility index (Phi) is 4.45. The van der Waals surface area contributed by atoms with Gasteiger partial charge in [-0.3, -0.25) is 4.98 Å². The third-order valence-electron chi connectivity index (χ3n) is 2.73. The molecule has 4 nitrogen and oxygen atoms in total. The average Bonchev–Trinajstić information content (AvgIpc) is 2.42. The van der Waals surface area contributed by atoms with Crippen LogP contribution in [0.1, 0.15) is 18.5 Å². The first-order valence-corrected chi connectivity index (χ1v) is 6.57. The summed E-state index contributed by atoms with van der Waals surface area (Å²) in [6, 6.07) is 5.63. The van der Waals surface area contributed by atoms with Crippen LogP contribution in [0.5, 0.6) is 0 Å². The van der Waals surface area contributed by atoms with Crippen LogP contribution >= 0.6 is 23.2 Å². The number of rotatable bonds is 4. The molecule has 19 heavy (non-hydrogen) atoms. The lowest BCUT2D eigenvalue weighted by atomic mass is 10.1. The van der Waals surface area contributed by atoms with Gasteiger partial charge in [-0.1, -0.05) is 23.2 Å². The zero-order chi connectivity index (χ0) is 13.8. The number of anilines is 2. The van der Waals surface area contributed by atoms with Crippen molar-refractivity contribution in [2.75, 3.05) is 17.7 Å².